The predicted octanol–water partition coefficient (Wildman–Crippen LogP) is 2.70. The van der Waals surface area contributed by atoms with Crippen molar-refractivity contribution in [3.63, 3.8) is 0 Å². The molecule has 1 aliphatic heterocycles. The number of rotatable bonds is 4. The van der Waals surface area contributed by atoms with Crippen molar-refractivity contribution in [2.75, 3.05) is 13.1 Å². The van der Waals surface area contributed by atoms with Gasteiger partial charge < -0.3 is 14.4 Å². The van der Waals surface area contributed by atoms with Crippen molar-refractivity contribution in [2.24, 2.45) is 0 Å². The molecule has 3 rings (SSSR count). The van der Waals surface area contributed by atoms with Gasteiger partial charge in [-0.15, -0.1) is 0 Å². The molecule has 6 nitrogen and oxygen atoms in total. The van der Waals surface area contributed by atoms with Crippen LogP contribution in [-0.2, 0) is 11.2 Å². The number of aromatic nitrogens is 3. The van der Waals surface area contributed by atoms with E-state index < -0.39 is 0 Å². The van der Waals surface area contributed by atoms with Gasteiger partial charge in [0.05, 0.1) is 0 Å². The minimum absolute atomic E-state index is 0.139. The van der Waals surface area contributed by atoms with E-state index in [1.165, 1.54) is 0 Å². The number of amides is 1. The van der Waals surface area contributed by atoms with E-state index in [-0.39, 0.29) is 5.91 Å². The summed E-state index contributed by atoms with van der Waals surface area (Å²) in [5, 5.41) is 3.94. The average Bonchev–Trinajstić information content (AvgIpc) is 3.13. The zero-order valence-electron chi connectivity index (χ0n) is 12.5. The number of likely N-dealkylation sites (tertiary alicyclic amines) is 1. The number of carbonyl (C=O) groups is 1. The molecule has 0 radical (unpaired) electrons. The number of piperidine rings is 1. The Hall–Kier alpha value is -1.82. The Morgan fingerprint density at radius 1 is 1.59 bits per heavy atom. The van der Waals surface area contributed by atoms with E-state index in [1.807, 2.05) is 18.0 Å². The van der Waals surface area contributed by atoms with E-state index in [9.17, 15) is 4.79 Å². The van der Waals surface area contributed by atoms with Gasteiger partial charge >= 0.3 is 0 Å². The molecule has 2 aromatic heterocycles. The minimum Gasteiger partial charge on any atom is -0.360 e. The van der Waals surface area contributed by atoms with Crippen LogP contribution < -0.4 is 0 Å². The number of nitrogens with zero attached hydrogens (tertiary/aromatic N) is 3. The molecule has 0 saturated carbocycles. The summed E-state index contributed by atoms with van der Waals surface area (Å²) in [6.45, 7) is 3.53. The number of carbonyl (C=O) groups excluding carboxylic acids is 1. The Bertz CT molecular complexity index is 652. The van der Waals surface area contributed by atoms with Crippen molar-refractivity contribution in [3.8, 4) is 0 Å². The van der Waals surface area contributed by atoms with Crippen LogP contribution in [0.5, 0.6) is 0 Å². The van der Waals surface area contributed by atoms with Gasteiger partial charge in [0.15, 0.2) is 5.15 Å². The molecule has 1 aliphatic rings. The number of halogens is 1. The SMILES string of the molecule is Cc1cnc([C@@H]2CCCN(C(=O)CCc3cc(Cl)no3)C2)[nH]1. The summed E-state index contributed by atoms with van der Waals surface area (Å²) in [6, 6.07) is 1.65. The molecule has 2 aromatic rings. The molecule has 3 heterocycles. The average molecular weight is 323 g/mol. The van der Waals surface area contributed by atoms with Crippen molar-refractivity contribution >= 4 is 17.5 Å². The smallest absolute Gasteiger partial charge is 0.223 e. The van der Waals surface area contributed by atoms with Gasteiger partial charge in [0.25, 0.3) is 0 Å². The Kier molecular flexibility index (Phi) is 4.47. The van der Waals surface area contributed by atoms with Crippen LogP contribution in [0.2, 0.25) is 5.15 Å². The van der Waals surface area contributed by atoms with Gasteiger partial charge in [-0.25, -0.2) is 4.98 Å². The van der Waals surface area contributed by atoms with Gasteiger partial charge in [-0.1, -0.05) is 16.8 Å². The normalized spacial score (nSPS) is 18.6. The Labute approximate surface area is 133 Å². The Morgan fingerprint density at radius 3 is 3.14 bits per heavy atom. The third-order valence-corrected chi connectivity index (χ3v) is 4.18. The van der Waals surface area contributed by atoms with E-state index in [4.69, 9.17) is 16.1 Å². The summed E-state index contributed by atoms with van der Waals surface area (Å²) in [7, 11) is 0. The third-order valence-electron chi connectivity index (χ3n) is 4.00. The first-order valence-electron chi connectivity index (χ1n) is 7.52. The molecule has 1 saturated heterocycles. The molecule has 0 spiro atoms. The number of aryl methyl sites for hydroxylation is 2. The van der Waals surface area contributed by atoms with Gasteiger partial charge in [0.2, 0.25) is 5.91 Å². The van der Waals surface area contributed by atoms with Crippen LogP contribution in [0.4, 0.5) is 0 Å². The second-order valence-electron chi connectivity index (χ2n) is 5.75. The topological polar surface area (TPSA) is 75.0 Å². The fourth-order valence-electron chi connectivity index (χ4n) is 2.86. The van der Waals surface area contributed by atoms with Gasteiger partial charge in [-0.3, -0.25) is 4.79 Å². The first kappa shape index (κ1) is 15.1. The van der Waals surface area contributed by atoms with Crippen molar-refractivity contribution < 1.29 is 9.32 Å². The lowest BCUT2D eigenvalue weighted by Gasteiger charge is -2.32. The second-order valence-corrected chi connectivity index (χ2v) is 6.13. The maximum absolute atomic E-state index is 12.4. The number of aromatic amines is 1. The lowest BCUT2D eigenvalue weighted by Crippen LogP contribution is -2.39. The molecule has 0 bridgehead atoms. The van der Waals surface area contributed by atoms with Crippen LogP contribution in [0.15, 0.2) is 16.8 Å². The molecule has 1 N–H and O–H groups in total. The van der Waals surface area contributed by atoms with Crippen molar-refractivity contribution in [1.29, 1.82) is 0 Å². The summed E-state index contributed by atoms with van der Waals surface area (Å²) in [4.78, 5) is 22.0. The molecule has 0 aliphatic carbocycles. The maximum Gasteiger partial charge on any atom is 0.223 e. The first-order chi connectivity index (χ1) is 10.6. The molecule has 1 atom stereocenters. The fraction of sp³-hybridized carbons (Fsp3) is 0.533. The largest absolute Gasteiger partial charge is 0.360 e. The van der Waals surface area contributed by atoms with Crippen LogP contribution in [0.3, 0.4) is 0 Å². The molecule has 22 heavy (non-hydrogen) atoms. The molecular formula is C15H19ClN4O2. The zero-order chi connectivity index (χ0) is 15.5. The van der Waals surface area contributed by atoms with Crippen LogP contribution in [0.1, 0.15) is 42.5 Å². The molecule has 0 aromatic carbocycles. The predicted molar refractivity (Wildman–Crippen MR) is 81.7 cm³/mol. The van der Waals surface area contributed by atoms with Crippen LogP contribution in [0.25, 0.3) is 0 Å². The maximum atomic E-state index is 12.4. The number of hydrogen-bond donors (Lipinski definition) is 1. The fourth-order valence-corrected chi connectivity index (χ4v) is 3.02. The molecular weight excluding hydrogens is 304 g/mol. The van der Waals surface area contributed by atoms with Gasteiger partial charge in [-0.2, -0.15) is 0 Å². The summed E-state index contributed by atoms with van der Waals surface area (Å²) >= 11 is 5.70. The van der Waals surface area contributed by atoms with Crippen LogP contribution >= 0.6 is 11.6 Å². The van der Waals surface area contributed by atoms with Gasteiger partial charge in [-0.05, 0) is 19.8 Å². The van der Waals surface area contributed by atoms with E-state index in [2.05, 4.69) is 15.1 Å². The highest BCUT2D eigenvalue weighted by Crippen LogP contribution is 2.25. The molecule has 7 heteroatoms. The summed E-state index contributed by atoms with van der Waals surface area (Å²) in [6.07, 6.45) is 4.84. The van der Waals surface area contributed by atoms with Crippen molar-refractivity contribution in [3.05, 3.63) is 34.7 Å². The van der Waals surface area contributed by atoms with Crippen LogP contribution in [0, 0.1) is 6.92 Å². The molecule has 0 unspecified atom stereocenters. The second kappa shape index (κ2) is 6.52. The monoisotopic (exact) mass is 322 g/mol. The number of H-pyrrole nitrogens is 1. The van der Waals surface area contributed by atoms with E-state index >= 15 is 0 Å². The lowest BCUT2D eigenvalue weighted by molar-refractivity contribution is -0.132. The van der Waals surface area contributed by atoms with Crippen molar-refractivity contribution in [1.82, 2.24) is 20.0 Å². The highest BCUT2D eigenvalue weighted by molar-refractivity contribution is 6.29. The van der Waals surface area contributed by atoms with E-state index in [0.29, 0.717) is 29.7 Å². The standard InChI is InChI=1S/C15H19ClN4O2/c1-10-8-17-15(18-10)11-3-2-6-20(9-11)14(21)5-4-12-7-13(16)19-22-12/h7-8,11H,2-6,9H2,1H3,(H,17,18)/t11-/m1/s1. The number of imidazole rings is 1. The Morgan fingerprint density at radius 2 is 2.45 bits per heavy atom. The molecule has 1 fully saturated rings. The van der Waals surface area contributed by atoms with Crippen LogP contribution in [-0.4, -0.2) is 39.0 Å². The third kappa shape index (κ3) is 3.50. The quantitative estimate of drug-likeness (QED) is 0.939. The number of hydrogen-bond acceptors (Lipinski definition) is 4. The highest BCUT2D eigenvalue weighted by atomic mass is 35.5. The van der Waals surface area contributed by atoms with E-state index in [1.54, 1.807) is 6.07 Å². The molecule has 1 amide bonds. The zero-order valence-corrected chi connectivity index (χ0v) is 13.3. The van der Waals surface area contributed by atoms with Gasteiger partial charge in [0, 0.05) is 49.8 Å². The molecule has 118 valence electrons. The summed E-state index contributed by atoms with van der Waals surface area (Å²) in [5.74, 6) is 2.07. The Balaban J connectivity index is 1.55. The summed E-state index contributed by atoms with van der Waals surface area (Å²) < 4.78 is 5.03. The lowest BCUT2D eigenvalue weighted by atomic mass is 9.97. The summed E-state index contributed by atoms with van der Waals surface area (Å²) in [5.41, 5.74) is 1.06. The minimum atomic E-state index is 0.139. The number of nitrogens with one attached hydrogen (secondary N) is 1. The van der Waals surface area contributed by atoms with Crippen molar-refractivity contribution in [2.45, 2.75) is 38.5 Å². The van der Waals surface area contributed by atoms with Gasteiger partial charge in [0.1, 0.15) is 11.6 Å². The first-order valence-corrected chi connectivity index (χ1v) is 7.90. The van der Waals surface area contributed by atoms with E-state index in [0.717, 1.165) is 37.4 Å². The highest BCUT2D eigenvalue weighted by Gasteiger charge is 2.26.